The minimum Gasteiger partial charge on any atom is -0.300 e. The zero-order chi connectivity index (χ0) is 16.9. The first-order chi connectivity index (χ1) is 11.2. The number of hydrogen-bond donors (Lipinski definition) is 0. The predicted molar refractivity (Wildman–Crippen MR) is 89.6 cm³/mol. The molecule has 0 unspecified atom stereocenters. The van der Waals surface area contributed by atoms with Crippen LogP contribution >= 0.6 is 0 Å². The molecular weight excluding hydrogens is 298 g/mol. The van der Waals surface area contributed by atoms with Gasteiger partial charge in [-0.15, -0.1) is 0 Å². The summed E-state index contributed by atoms with van der Waals surface area (Å²) in [5, 5.41) is 0. The molecule has 2 aliphatic carbocycles. The first-order valence-corrected chi connectivity index (χ1v) is 9.50. The number of carbonyl (C=O) groups excluding carboxylic acids is 1. The van der Waals surface area contributed by atoms with Crippen molar-refractivity contribution in [2.45, 2.75) is 84.0 Å². The molecule has 136 valence electrons. The molecule has 2 aliphatic rings. The molecule has 0 aromatic heterocycles. The van der Waals surface area contributed by atoms with Crippen molar-refractivity contribution in [2.24, 2.45) is 17.8 Å². The van der Waals surface area contributed by atoms with Crippen LogP contribution in [0.3, 0.4) is 0 Å². The molecule has 2 saturated carbocycles. The number of Topliss-reactive ketones (excluding diaryl/α,β-unsaturated/α-hetero) is 1. The Labute approximate surface area is 140 Å². The van der Waals surface area contributed by atoms with Crippen LogP contribution in [0.5, 0.6) is 0 Å². The summed E-state index contributed by atoms with van der Waals surface area (Å²) in [5.41, 5.74) is 0. The average Bonchev–Trinajstić information content (AvgIpc) is 2.59. The van der Waals surface area contributed by atoms with Crippen LogP contribution in [0.4, 0.5) is 8.92 Å². The molecule has 0 aromatic carbocycles. The second-order valence-electron chi connectivity index (χ2n) is 7.27. The van der Waals surface area contributed by atoms with Gasteiger partial charge in [0.15, 0.2) is 0 Å². The summed E-state index contributed by atoms with van der Waals surface area (Å²) in [6.07, 6.45) is 13.4. The molecule has 0 amide bonds. The second kappa shape index (κ2) is 12.9. The molecule has 0 spiro atoms. The summed E-state index contributed by atoms with van der Waals surface area (Å²) in [6, 6.07) is 0. The summed E-state index contributed by atoms with van der Waals surface area (Å²) in [7, 11) is 0. The fourth-order valence-corrected chi connectivity index (χ4v) is 3.74. The van der Waals surface area contributed by atoms with E-state index in [1.165, 1.54) is 32.1 Å². The topological polar surface area (TPSA) is 26.3 Å². The van der Waals surface area contributed by atoms with Crippen LogP contribution in [0.1, 0.15) is 84.0 Å². The van der Waals surface area contributed by atoms with E-state index in [1.54, 1.807) is 0 Å². The average molecular weight is 332 g/mol. The fraction of sp³-hybridized carbons (Fsp3) is 0.947. The summed E-state index contributed by atoms with van der Waals surface area (Å²) < 4.78 is 23.0. The van der Waals surface area contributed by atoms with Gasteiger partial charge in [0, 0.05) is 12.8 Å². The smallest absolute Gasteiger partial charge is 0.132 e. The third-order valence-corrected chi connectivity index (χ3v) is 5.35. The molecular formula is C19H34F2O2. The minimum absolute atomic E-state index is 0.108. The van der Waals surface area contributed by atoms with Crippen molar-refractivity contribution >= 4 is 5.78 Å². The van der Waals surface area contributed by atoms with Gasteiger partial charge in [-0.25, -0.2) is 0 Å². The molecule has 0 N–H and O–H groups in total. The number of carbonyl (C=O) groups is 1. The fourth-order valence-electron chi connectivity index (χ4n) is 3.74. The molecule has 0 radical (unpaired) electrons. The predicted octanol–water partition coefficient (Wildman–Crippen LogP) is 5.99. The van der Waals surface area contributed by atoms with Crippen LogP contribution in [0.2, 0.25) is 0 Å². The Balaban J connectivity index is 0.000000463. The Bertz CT molecular complexity index is 290. The molecule has 23 heavy (non-hydrogen) atoms. The summed E-state index contributed by atoms with van der Waals surface area (Å²) in [4.78, 5) is 14.3. The van der Waals surface area contributed by atoms with Crippen LogP contribution in [0.15, 0.2) is 0 Å². The maximum Gasteiger partial charge on any atom is 0.132 e. The molecule has 0 aliphatic heterocycles. The van der Waals surface area contributed by atoms with Crippen LogP contribution < -0.4 is 0 Å². The molecule has 2 fully saturated rings. The standard InChI is InChI=1S/C16H27FO.C3H7FO/c17-12-15-6-4-13(5-7-15)2-1-3-14-8-10-16(18)11-9-14;1-2-3-5-4/h13-15H,1-12H2;2-3H2,1H3. The SMILES string of the molecule is CCCOF.O=C1CCC(CCCC2CCC(CF)CC2)CC1. The second-order valence-corrected chi connectivity index (χ2v) is 7.27. The Morgan fingerprint density at radius 1 is 0.957 bits per heavy atom. The van der Waals surface area contributed by atoms with Crippen LogP contribution in [0.25, 0.3) is 0 Å². The van der Waals surface area contributed by atoms with Crippen molar-refractivity contribution in [3.05, 3.63) is 0 Å². The van der Waals surface area contributed by atoms with Gasteiger partial charge in [0.2, 0.25) is 0 Å². The lowest BCUT2D eigenvalue weighted by Crippen LogP contribution is -2.17. The number of hydrogen-bond acceptors (Lipinski definition) is 2. The molecule has 0 saturated heterocycles. The van der Waals surface area contributed by atoms with Gasteiger partial charge in [-0.3, -0.25) is 9.18 Å². The van der Waals surface area contributed by atoms with E-state index in [4.69, 9.17) is 0 Å². The van der Waals surface area contributed by atoms with Gasteiger partial charge in [-0.2, -0.15) is 4.94 Å². The lowest BCUT2D eigenvalue weighted by atomic mass is 9.79. The van der Waals surface area contributed by atoms with E-state index in [-0.39, 0.29) is 13.3 Å². The van der Waals surface area contributed by atoms with Crippen molar-refractivity contribution < 1.29 is 18.7 Å². The lowest BCUT2D eigenvalue weighted by molar-refractivity contribution is -0.131. The Morgan fingerprint density at radius 3 is 1.91 bits per heavy atom. The monoisotopic (exact) mass is 332 g/mol. The van der Waals surface area contributed by atoms with Crippen molar-refractivity contribution in [1.29, 1.82) is 0 Å². The van der Waals surface area contributed by atoms with E-state index in [2.05, 4.69) is 4.94 Å². The van der Waals surface area contributed by atoms with Crippen molar-refractivity contribution in [3.8, 4) is 0 Å². The van der Waals surface area contributed by atoms with Gasteiger partial charge < -0.3 is 0 Å². The first-order valence-electron chi connectivity index (χ1n) is 9.50. The summed E-state index contributed by atoms with van der Waals surface area (Å²) in [6.45, 7) is 1.96. The molecule has 0 bridgehead atoms. The maximum absolute atomic E-state index is 12.5. The van der Waals surface area contributed by atoms with Gasteiger partial charge in [0.05, 0.1) is 13.3 Å². The van der Waals surface area contributed by atoms with E-state index in [0.717, 1.165) is 56.8 Å². The minimum atomic E-state index is -0.108. The van der Waals surface area contributed by atoms with Crippen LogP contribution in [-0.2, 0) is 9.74 Å². The van der Waals surface area contributed by atoms with Gasteiger partial charge in [-0.1, -0.05) is 39.0 Å². The number of rotatable bonds is 7. The number of ketones is 1. The molecule has 0 heterocycles. The number of alkyl halides is 1. The Hall–Kier alpha value is -0.510. The lowest BCUT2D eigenvalue weighted by Gasteiger charge is -2.27. The summed E-state index contributed by atoms with van der Waals surface area (Å²) in [5.74, 6) is 2.50. The quantitative estimate of drug-likeness (QED) is 0.572. The van der Waals surface area contributed by atoms with Gasteiger partial charge in [0.25, 0.3) is 0 Å². The van der Waals surface area contributed by atoms with Crippen molar-refractivity contribution in [1.82, 2.24) is 0 Å². The van der Waals surface area contributed by atoms with E-state index >= 15 is 0 Å². The maximum atomic E-state index is 12.5. The highest BCUT2D eigenvalue weighted by Gasteiger charge is 2.22. The molecule has 0 aromatic rings. The highest BCUT2D eigenvalue weighted by molar-refractivity contribution is 5.78. The highest BCUT2D eigenvalue weighted by Crippen LogP contribution is 2.33. The zero-order valence-electron chi connectivity index (χ0n) is 14.7. The third-order valence-electron chi connectivity index (χ3n) is 5.35. The van der Waals surface area contributed by atoms with Gasteiger partial charge in [-0.05, 0) is 54.4 Å². The first kappa shape index (κ1) is 20.5. The van der Waals surface area contributed by atoms with Gasteiger partial charge in [0.1, 0.15) is 5.78 Å². The van der Waals surface area contributed by atoms with Crippen LogP contribution in [-0.4, -0.2) is 19.1 Å². The normalized spacial score (nSPS) is 25.8. The highest BCUT2D eigenvalue weighted by atomic mass is 19.3. The van der Waals surface area contributed by atoms with Crippen molar-refractivity contribution in [2.75, 3.05) is 13.3 Å². The van der Waals surface area contributed by atoms with E-state index in [9.17, 15) is 13.7 Å². The van der Waals surface area contributed by atoms with E-state index in [1.807, 2.05) is 6.92 Å². The summed E-state index contributed by atoms with van der Waals surface area (Å²) >= 11 is 0. The Kier molecular flexibility index (Phi) is 11.5. The van der Waals surface area contributed by atoms with E-state index < -0.39 is 0 Å². The largest absolute Gasteiger partial charge is 0.300 e. The number of halogens is 2. The zero-order valence-corrected chi connectivity index (χ0v) is 14.7. The van der Waals surface area contributed by atoms with E-state index in [0.29, 0.717) is 11.7 Å². The van der Waals surface area contributed by atoms with Gasteiger partial charge >= 0.3 is 0 Å². The van der Waals surface area contributed by atoms with Crippen LogP contribution in [0, 0.1) is 17.8 Å². The molecule has 4 heteroatoms. The third kappa shape index (κ3) is 9.39. The molecule has 2 nitrogen and oxygen atoms in total. The Morgan fingerprint density at radius 2 is 1.48 bits per heavy atom. The molecule has 2 rings (SSSR count). The molecule has 0 atom stereocenters. The van der Waals surface area contributed by atoms with Crippen molar-refractivity contribution in [3.63, 3.8) is 0 Å².